The predicted molar refractivity (Wildman–Crippen MR) is 31.2 cm³/mol. The molecule has 4 unspecified atom stereocenters. The van der Waals surface area contributed by atoms with Gasteiger partial charge in [0.05, 0.1) is 0 Å². The Morgan fingerprint density at radius 2 is 1.58 bits per heavy atom. The second-order valence-corrected chi connectivity index (χ2v) is 2.09. The number of nitrogens with zero attached hydrogens (tertiary/aromatic N) is 1. The van der Waals surface area contributed by atoms with E-state index in [1.54, 1.807) is 0 Å². The third-order valence-electron chi connectivity index (χ3n) is 1.20. The van der Waals surface area contributed by atoms with Crippen LogP contribution in [-0.2, 0) is 0 Å². The molecule has 0 radical (unpaired) electrons. The Morgan fingerprint density at radius 1 is 1.08 bits per heavy atom. The van der Waals surface area contributed by atoms with Crippen LogP contribution in [0, 0.1) is 11.3 Å². The lowest BCUT2D eigenvalue weighted by Gasteiger charge is -2.14. The molecule has 0 aromatic heterocycles. The van der Waals surface area contributed by atoms with Crippen LogP contribution in [0.25, 0.3) is 0 Å². The summed E-state index contributed by atoms with van der Waals surface area (Å²) >= 11 is 0. The SMILES string of the molecule is N#CC(F)C(F)C(F)C(F)CF. The summed E-state index contributed by atoms with van der Waals surface area (Å²) < 4.78 is 59.9. The molecule has 0 fully saturated rings. The molecule has 0 amide bonds. The van der Waals surface area contributed by atoms with Gasteiger partial charge in [0.25, 0.3) is 0 Å². The molecule has 1 nitrogen and oxygen atoms in total. The largest absolute Gasteiger partial charge is 0.248 e. The summed E-state index contributed by atoms with van der Waals surface area (Å²) in [5.74, 6) is 0. The van der Waals surface area contributed by atoms with Crippen molar-refractivity contribution in [1.29, 1.82) is 5.26 Å². The molecule has 12 heavy (non-hydrogen) atoms. The predicted octanol–water partition coefficient (Wildman–Crippen LogP) is 1.83. The van der Waals surface area contributed by atoms with E-state index in [0.29, 0.717) is 0 Å². The third kappa shape index (κ3) is 2.64. The second kappa shape index (κ2) is 4.91. The molecule has 0 heterocycles. The molecule has 0 rings (SSSR count). The topological polar surface area (TPSA) is 23.8 Å². The van der Waals surface area contributed by atoms with Crippen molar-refractivity contribution in [3.8, 4) is 6.07 Å². The fraction of sp³-hybridized carbons (Fsp3) is 0.833. The lowest BCUT2D eigenvalue weighted by Crippen LogP contribution is -2.35. The average Bonchev–Trinajstić information content (AvgIpc) is 2.12. The standard InChI is InChI=1S/C6H6F5N/c7-1-3(8)5(10)6(11)4(9)2-12/h3-6H,1H2. The molecule has 6 heteroatoms. The van der Waals surface area contributed by atoms with Crippen molar-refractivity contribution in [3.63, 3.8) is 0 Å². The Balaban J connectivity index is 4.10. The Kier molecular flexibility index (Phi) is 4.55. The third-order valence-corrected chi connectivity index (χ3v) is 1.20. The van der Waals surface area contributed by atoms with E-state index in [1.807, 2.05) is 0 Å². The number of hydrogen-bond donors (Lipinski definition) is 0. The van der Waals surface area contributed by atoms with Crippen LogP contribution < -0.4 is 0 Å². The van der Waals surface area contributed by atoms with Crippen LogP contribution in [-0.4, -0.2) is 31.4 Å². The minimum atomic E-state index is -2.93. The maximum Gasteiger partial charge on any atom is 0.220 e. The molecule has 4 atom stereocenters. The minimum Gasteiger partial charge on any atom is -0.248 e. The molecule has 0 bridgehead atoms. The number of hydrogen-bond acceptors (Lipinski definition) is 1. The van der Waals surface area contributed by atoms with Gasteiger partial charge in [-0.05, 0) is 0 Å². The number of halogens is 5. The van der Waals surface area contributed by atoms with Crippen molar-refractivity contribution in [2.24, 2.45) is 0 Å². The van der Waals surface area contributed by atoms with Crippen molar-refractivity contribution < 1.29 is 22.0 Å². The lowest BCUT2D eigenvalue weighted by atomic mass is 10.1. The van der Waals surface area contributed by atoms with Gasteiger partial charge in [0.1, 0.15) is 12.7 Å². The molecule has 70 valence electrons. The van der Waals surface area contributed by atoms with E-state index < -0.39 is 31.4 Å². The van der Waals surface area contributed by atoms with Crippen LogP contribution in [0.4, 0.5) is 22.0 Å². The van der Waals surface area contributed by atoms with Crippen molar-refractivity contribution >= 4 is 0 Å². The highest BCUT2D eigenvalue weighted by Gasteiger charge is 2.36. The smallest absolute Gasteiger partial charge is 0.220 e. The van der Waals surface area contributed by atoms with Gasteiger partial charge in [0.15, 0.2) is 18.5 Å². The Bertz CT molecular complexity index is 168. The van der Waals surface area contributed by atoms with Crippen molar-refractivity contribution in [1.82, 2.24) is 0 Å². The van der Waals surface area contributed by atoms with Gasteiger partial charge in [0.2, 0.25) is 6.17 Å². The van der Waals surface area contributed by atoms with Crippen LogP contribution >= 0.6 is 0 Å². The zero-order valence-electron chi connectivity index (χ0n) is 5.85. The van der Waals surface area contributed by atoms with Crippen molar-refractivity contribution in [2.45, 2.75) is 24.7 Å². The number of rotatable bonds is 4. The highest BCUT2D eigenvalue weighted by atomic mass is 19.2. The van der Waals surface area contributed by atoms with Crippen molar-refractivity contribution in [2.75, 3.05) is 6.67 Å². The van der Waals surface area contributed by atoms with Gasteiger partial charge in [-0.25, -0.2) is 22.0 Å². The van der Waals surface area contributed by atoms with Gasteiger partial charge in [0, 0.05) is 0 Å². The van der Waals surface area contributed by atoms with Crippen molar-refractivity contribution in [3.05, 3.63) is 0 Å². The van der Waals surface area contributed by atoms with Gasteiger partial charge in [-0.3, -0.25) is 0 Å². The Hall–Kier alpha value is -0.860. The molecule has 0 saturated carbocycles. The molecule has 0 saturated heterocycles. The van der Waals surface area contributed by atoms with Crippen LogP contribution in [0.2, 0.25) is 0 Å². The highest BCUT2D eigenvalue weighted by Crippen LogP contribution is 2.17. The van der Waals surface area contributed by atoms with E-state index in [2.05, 4.69) is 0 Å². The van der Waals surface area contributed by atoms with E-state index in [9.17, 15) is 22.0 Å². The summed E-state index contributed by atoms with van der Waals surface area (Å²) in [7, 11) is 0. The van der Waals surface area contributed by atoms with E-state index in [1.165, 1.54) is 0 Å². The fourth-order valence-electron chi connectivity index (χ4n) is 0.517. The molecular formula is C6H6F5N. The summed E-state index contributed by atoms with van der Waals surface area (Å²) in [4.78, 5) is 0. The summed E-state index contributed by atoms with van der Waals surface area (Å²) in [6.07, 6.45) is -11.3. The highest BCUT2D eigenvalue weighted by molar-refractivity contribution is 4.94. The second-order valence-electron chi connectivity index (χ2n) is 2.09. The van der Waals surface area contributed by atoms with E-state index in [-0.39, 0.29) is 0 Å². The van der Waals surface area contributed by atoms with Crippen LogP contribution in [0.1, 0.15) is 0 Å². The first-order chi connectivity index (χ1) is 5.54. The van der Waals surface area contributed by atoms with E-state index in [4.69, 9.17) is 5.26 Å². The molecule has 0 aromatic carbocycles. The summed E-state index contributed by atoms with van der Waals surface area (Å²) in [5, 5.41) is 7.76. The summed E-state index contributed by atoms with van der Waals surface area (Å²) in [5.41, 5.74) is 0. The monoisotopic (exact) mass is 187 g/mol. The van der Waals surface area contributed by atoms with E-state index >= 15 is 0 Å². The fourth-order valence-corrected chi connectivity index (χ4v) is 0.517. The summed E-state index contributed by atoms with van der Waals surface area (Å²) in [6, 6.07) is 0.754. The normalized spacial score (nSPS) is 20.7. The Labute approximate surface area is 65.8 Å². The zero-order chi connectivity index (χ0) is 9.72. The van der Waals surface area contributed by atoms with Gasteiger partial charge in [-0.2, -0.15) is 5.26 Å². The molecule has 0 aliphatic carbocycles. The summed E-state index contributed by atoms with van der Waals surface area (Å²) in [6.45, 7) is -1.74. The lowest BCUT2D eigenvalue weighted by molar-refractivity contribution is 0.0391. The molecule has 0 spiro atoms. The first-order valence-electron chi connectivity index (χ1n) is 3.06. The zero-order valence-corrected chi connectivity index (χ0v) is 5.85. The average molecular weight is 187 g/mol. The molecule has 0 aliphatic heterocycles. The molecule has 0 N–H and O–H groups in total. The Morgan fingerprint density at radius 3 is 1.92 bits per heavy atom. The van der Waals surface area contributed by atoms with E-state index in [0.717, 1.165) is 6.07 Å². The van der Waals surface area contributed by atoms with Gasteiger partial charge in [-0.15, -0.1) is 0 Å². The maximum atomic E-state index is 12.2. The number of alkyl halides is 5. The quantitative estimate of drug-likeness (QED) is 0.616. The van der Waals surface area contributed by atoms with Gasteiger partial charge >= 0.3 is 0 Å². The molecule has 0 aromatic rings. The van der Waals surface area contributed by atoms with Crippen LogP contribution in [0.15, 0.2) is 0 Å². The number of nitriles is 1. The molecule has 0 aliphatic rings. The van der Waals surface area contributed by atoms with Gasteiger partial charge < -0.3 is 0 Å². The van der Waals surface area contributed by atoms with Crippen LogP contribution in [0.5, 0.6) is 0 Å². The van der Waals surface area contributed by atoms with Crippen LogP contribution in [0.3, 0.4) is 0 Å². The minimum absolute atomic E-state index is 0.754. The first kappa shape index (κ1) is 11.1. The molecular weight excluding hydrogens is 181 g/mol. The van der Waals surface area contributed by atoms with Gasteiger partial charge in [-0.1, -0.05) is 0 Å². The first-order valence-corrected chi connectivity index (χ1v) is 3.06. The maximum absolute atomic E-state index is 12.2.